The molecule has 1 N–H and O–H groups in total. The summed E-state index contributed by atoms with van der Waals surface area (Å²) in [6.07, 6.45) is -3.85. The first-order chi connectivity index (χ1) is 6.79. The van der Waals surface area contributed by atoms with Gasteiger partial charge in [0.05, 0.1) is 12.2 Å². The zero-order valence-electron chi connectivity index (χ0n) is 9.71. The Morgan fingerprint density at radius 1 is 1.33 bits per heavy atom. The van der Waals surface area contributed by atoms with E-state index in [0.29, 0.717) is 0 Å². The minimum absolute atomic E-state index is 0.318. The smallest absolute Gasteiger partial charge is 0.134 e. The van der Waals surface area contributed by atoms with Crippen LogP contribution in [0.15, 0.2) is 0 Å². The number of hydrogen-bond donors (Lipinski definition) is 1. The standard InChI is InChI=1S/C11H20F2O2/c1-6-8(13)7(5-12)15-10(9(6)14)11(2,3)4/h6-10,14H,5H2,1-4H3/t6-,7+,8-,9+,10+/m0/s1. The van der Waals surface area contributed by atoms with E-state index in [2.05, 4.69) is 0 Å². The molecule has 0 aliphatic carbocycles. The third-order valence-electron chi connectivity index (χ3n) is 3.03. The summed E-state index contributed by atoms with van der Waals surface area (Å²) in [5.41, 5.74) is -0.318. The van der Waals surface area contributed by atoms with Gasteiger partial charge in [-0.2, -0.15) is 0 Å². The number of ether oxygens (including phenoxy) is 1. The van der Waals surface area contributed by atoms with Crippen molar-refractivity contribution in [3.8, 4) is 0 Å². The van der Waals surface area contributed by atoms with Crippen LogP contribution >= 0.6 is 0 Å². The van der Waals surface area contributed by atoms with Gasteiger partial charge in [0, 0.05) is 5.92 Å². The molecule has 0 amide bonds. The maximum Gasteiger partial charge on any atom is 0.134 e. The van der Waals surface area contributed by atoms with Crippen molar-refractivity contribution in [2.75, 3.05) is 6.67 Å². The van der Waals surface area contributed by atoms with Gasteiger partial charge >= 0.3 is 0 Å². The Bertz CT molecular complexity index is 213. The van der Waals surface area contributed by atoms with Crippen molar-refractivity contribution < 1.29 is 18.6 Å². The molecule has 0 aromatic rings. The van der Waals surface area contributed by atoms with Gasteiger partial charge in [0.1, 0.15) is 19.0 Å². The zero-order valence-corrected chi connectivity index (χ0v) is 9.71. The molecule has 0 aromatic heterocycles. The topological polar surface area (TPSA) is 29.5 Å². The van der Waals surface area contributed by atoms with Crippen molar-refractivity contribution in [1.82, 2.24) is 0 Å². The van der Waals surface area contributed by atoms with Crippen molar-refractivity contribution in [2.24, 2.45) is 11.3 Å². The van der Waals surface area contributed by atoms with E-state index in [1.54, 1.807) is 6.92 Å². The van der Waals surface area contributed by atoms with Gasteiger partial charge in [-0.3, -0.25) is 0 Å². The summed E-state index contributed by atoms with van der Waals surface area (Å²) in [5, 5.41) is 9.87. The van der Waals surface area contributed by atoms with Crippen LogP contribution in [0.3, 0.4) is 0 Å². The van der Waals surface area contributed by atoms with Crippen LogP contribution in [0.4, 0.5) is 8.78 Å². The highest BCUT2D eigenvalue weighted by Gasteiger charge is 2.47. The predicted molar refractivity (Wildman–Crippen MR) is 54.2 cm³/mol. The van der Waals surface area contributed by atoms with Crippen LogP contribution in [0, 0.1) is 11.3 Å². The molecular weight excluding hydrogens is 202 g/mol. The largest absolute Gasteiger partial charge is 0.390 e. The Hall–Kier alpha value is -0.220. The second kappa shape index (κ2) is 4.34. The summed E-state index contributed by atoms with van der Waals surface area (Å²) in [5.74, 6) is -0.580. The summed E-state index contributed by atoms with van der Waals surface area (Å²) in [6.45, 7) is 6.43. The lowest BCUT2D eigenvalue weighted by atomic mass is 9.77. The molecule has 4 heteroatoms. The highest BCUT2D eigenvalue weighted by Crippen LogP contribution is 2.36. The number of aliphatic hydroxyl groups excluding tert-OH is 1. The van der Waals surface area contributed by atoms with Crippen LogP contribution in [-0.2, 0) is 4.74 Å². The molecule has 0 spiro atoms. The molecule has 5 atom stereocenters. The molecule has 1 rings (SSSR count). The van der Waals surface area contributed by atoms with Crippen LogP contribution in [0.25, 0.3) is 0 Å². The van der Waals surface area contributed by atoms with E-state index in [-0.39, 0.29) is 5.41 Å². The Morgan fingerprint density at radius 2 is 1.87 bits per heavy atom. The molecule has 2 nitrogen and oxygen atoms in total. The van der Waals surface area contributed by atoms with E-state index < -0.39 is 37.1 Å². The summed E-state index contributed by atoms with van der Waals surface area (Å²) in [4.78, 5) is 0. The summed E-state index contributed by atoms with van der Waals surface area (Å²) >= 11 is 0. The van der Waals surface area contributed by atoms with Crippen LogP contribution in [0.1, 0.15) is 27.7 Å². The van der Waals surface area contributed by atoms with Gasteiger partial charge in [-0.05, 0) is 5.41 Å². The molecule has 0 saturated carbocycles. The Balaban J connectivity index is 2.83. The van der Waals surface area contributed by atoms with Crippen LogP contribution in [0.5, 0.6) is 0 Å². The third-order valence-corrected chi connectivity index (χ3v) is 3.03. The molecule has 0 aromatic carbocycles. The van der Waals surface area contributed by atoms with Gasteiger partial charge in [-0.1, -0.05) is 27.7 Å². The minimum atomic E-state index is -1.43. The summed E-state index contributed by atoms with van der Waals surface area (Å²) < 4.78 is 31.4. The number of aliphatic hydroxyl groups is 1. The fourth-order valence-corrected chi connectivity index (χ4v) is 1.98. The lowest BCUT2D eigenvalue weighted by molar-refractivity contribution is -0.210. The molecule has 0 bridgehead atoms. The molecule has 15 heavy (non-hydrogen) atoms. The SMILES string of the molecule is C[C@@H]1[C@@H](O)[C@H](C(C)(C)C)O[C@H](CF)[C@H]1F. The minimum Gasteiger partial charge on any atom is -0.390 e. The first-order valence-corrected chi connectivity index (χ1v) is 5.32. The zero-order chi connectivity index (χ0) is 11.8. The number of hydrogen-bond acceptors (Lipinski definition) is 2. The summed E-state index contributed by atoms with van der Waals surface area (Å²) in [7, 11) is 0. The Labute approximate surface area is 89.6 Å². The lowest BCUT2D eigenvalue weighted by Crippen LogP contribution is -2.56. The van der Waals surface area contributed by atoms with Gasteiger partial charge in [0.15, 0.2) is 0 Å². The van der Waals surface area contributed by atoms with Crippen molar-refractivity contribution in [3.05, 3.63) is 0 Å². The van der Waals surface area contributed by atoms with Crippen LogP contribution in [0.2, 0.25) is 0 Å². The molecule has 1 aliphatic rings. The Kier molecular flexibility index (Phi) is 3.71. The maximum absolute atomic E-state index is 13.5. The summed E-state index contributed by atoms with van der Waals surface area (Å²) in [6, 6.07) is 0. The van der Waals surface area contributed by atoms with Crippen molar-refractivity contribution in [1.29, 1.82) is 0 Å². The van der Waals surface area contributed by atoms with Gasteiger partial charge in [0.25, 0.3) is 0 Å². The monoisotopic (exact) mass is 222 g/mol. The lowest BCUT2D eigenvalue weighted by Gasteiger charge is -2.45. The molecule has 0 radical (unpaired) electrons. The second-order valence-electron chi connectivity index (χ2n) is 5.41. The molecule has 90 valence electrons. The normalized spacial score (nSPS) is 43.0. The van der Waals surface area contributed by atoms with Crippen LogP contribution < -0.4 is 0 Å². The van der Waals surface area contributed by atoms with E-state index in [9.17, 15) is 13.9 Å². The van der Waals surface area contributed by atoms with Gasteiger partial charge in [0.2, 0.25) is 0 Å². The molecule has 1 saturated heterocycles. The van der Waals surface area contributed by atoms with Crippen molar-refractivity contribution >= 4 is 0 Å². The predicted octanol–water partition coefficient (Wildman–Crippen LogP) is 2.10. The molecule has 1 aliphatic heterocycles. The van der Waals surface area contributed by atoms with E-state index in [1.807, 2.05) is 20.8 Å². The fourth-order valence-electron chi connectivity index (χ4n) is 1.98. The van der Waals surface area contributed by atoms with Gasteiger partial charge < -0.3 is 9.84 Å². The van der Waals surface area contributed by atoms with Crippen LogP contribution in [-0.4, -0.2) is 36.3 Å². The van der Waals surface area contributed by atoms with E-state index in [4.69, 9.17) is 4.74 Å². The average molecular weight is 222 g/mol. The van der Waals surface area contributed by atoms with Crippen molar-refractivity contribution in [3.63, 3.8) is 0 Å². The highest BCUT2D eigenvalue weighted by atomic mass is 19.1. The fraction of sp³-hybridized carbons (Fsp3) is 1.00. The van der Waals surface area contributed by atoms with E-state index in [0.717, 1.165) is 0 Å². The molecular formula is C11H20F2O2. The van der Waals surface area contributed by atoms with Gasteiger partial charge in [-0.15, -0.1) is 0 Å². The first kappa shape index (κ1) is 12.8. The Morgan fingerprint density at radius 3 is 2.27 bits per heavy atom. The molecule has 1 fully saturated rings. The average Bonchev–Trinajstić information content (AvgIpc) is 2.13. The number of halogens is 2. The second-order valence-corrected chi connectivity index (χ2v) is 5.41. The number of alkyl halides is 2. The van der Waals surface area contributed by atoms with E-state index in [1.165, 1.54) is 0 Å². The molecule has 1 heterocycles. The maximum atomic E-state index is 13.5. The van der Waals surface area contributed by atoms with Crippen molar-refractivity contribution in [2.45, 2.75) is 52.2 Å². The number of rotatable bonds is 1. The van der Waals surface area contributed by atoms with E-state index >= 15 is 0 Å². The quantitative estimate of drug-likeness (QED) is 0.736. The molecule has 0 unspecified atom stereocenters. The first-order valence-electron chi connectivity index (χ1n) is 5.32. The third kappa shape index (κ3) is 2.48. The van der Waals surface area contributed by atoms with Gasteiger partial charge in [-0.25, -0.2) is 8.78 Å². The highest BCUT2D eigenvalue weighted by molar-refractivity contribution is 4.94.